The fourth-order valence-electron chi connectivity index (χ4n) is 1.09. The van der Waals surface area contributed by atoms with E-state index >= 15 is 0 Å². The Labute approximate surface area is 77.5 Å². The van der Waals surface area contributed by atoms with E-state index in [1.54, 1.807) is 0 Å². The summed E-state index contributed by atoms with van der Waals surface area (Å²) in [6, 6.07) is 2.88. The molecule has 0 unspecified atom stereocenters. The van der Waals surface area contributed by atoms with E-state index in [4.69, 9.17) is 11.6 Å². The number of aromatic amines is 1. The highest BCUT2D eigenvalue weighted by atomic mass is 35.5. The number of rotatable bonds is 1. The molecule has 0 saturated carbocycles. The van der Waals surface area contributed by atoms with Crippen molar-refractivity contribution in [2.45, 2.75) is 0 Å². The average molecular weight is 198 g/mol. The predicted molar refractivity (Wildman–Crippen MR) is 47.8 cm³/mol. The Morgan fingerprint density at radius 2 is 2.31 bits per heavy atom. The maximum absolute atomic E-state index is 10.5. The van der Waals surface area contributed by atoms with Crippen LogP contribution in [0, 0.1) is 10.1 Å². The first-order valence-electron chi connectivity index (χ1n) is 3.45. The van der Waals surface area contributed by atoms with Gasteiger partial charge in [0.25, 0.3) is 5.69 Å². The number of hydrogen-bond acceptors (Lipinski definition) is 3. The van der Waals surface area contributed by atoms with Gasteiger partial charge in [0.2, 0.25) is 0 Å². The molecule has 0 saturated heterocycles. The zero-order valence-electron chi connectivity index (χ0n) is 6.32. The van der Waals surface area contributed by atoms with E-state index < -0.39 is 4.92 Å². The van der Waals surface area contributed by atoms with Gasteiger partial charge in [0.1, 0.15) is 5.02 Å². The first-order chi connectivity index (χ1) is 6.18. The Bertz CT molecular complexity index is 480. The molecule has 0 aliphatic rings. The monoisotopic (exact) mass is 197 g/mol. The van der Waals surface area contributed by atoms with Gasteiger partial charge in [-0.05, 0) is 6.07 Å². The lowest BCUT2D eigenvalue weighted by molar-refractivity contribution is -0.384. The average Bonchev–Trinajstić information content (AvgIpc) is 2.48. The van der Waals surface area contributed by atoms with Gasteiger partial charge >= 0.3 is 0 Å². The number of nitrogens with zero attached hydrogens (tertiary/aromatic N) is 2. The summed E-state index contributed by atoms with van der Waals surface area (Å²) in [4.78, 5) is 9.96. The minimum atomic E-state index is -0.519. The molecule has 13 heavy (non-hydrogen) atoms. The highest BCUT2D eigenvalue weighted by Crippen LogP contribution is 2.28. The summed E-state index contributed by atoms with van der Waals surface area (Å²) in [6.45, 7) is 0. The van der Waals surface area contributed by atoms with Crippen molar-refractivity contribution >= 4 is 28.2 Å². The molecular weight excluding hydrogens is 194 g/mol. The molecule has 0 fully saturated rings. The maximum Gasteiger partial charge on any atom is 0.288 e. The van der Waals surface area contributed by atoms with Gasteiger partial charge in [-0.2, -0.15) is 5.10 Å². The third-order valence-corrected chi connectivity index (χ3v) is 2.01. The molecule has 0 atom stereocenters. The number of nitro benzene ring substituents is 1. The maximum atomic E-state index is 10.5. The molecular formula is C7H4ClN3O2. The summed E-state index contributed by atoms with van der Waals surface area (Å²) in [7, 11) is 0. The summed E-state index contributed by atoms with van der Waals surface area (Å²) in [5, 5.41) is 17.7. The Hall–Kier alpha value is -1.62. The second-order valence-electron chi connectivity index (χ2n) is 2.52. The zero-order chi connectivity index (χ0) is 9.42. The zero-order valence-corrected chi connectivity index (χ0v) is 7.08. The predicted octanol–water partition coefficient (Wildman–Crippen LogP) is 2.12. The van der Waals surface area contributed by atoms with Crippen LogP contribution in [0.25, 0.3) is 10.9 Å². The van der Waals surface area contributed by atoms with Crippen LogP contribution in [0.2, 0.25) is 5.02 Å². The number of aromatic nitrogens is 2. The van der Waals surface area contributed by atoms with E-state index in [0.717, 1.165) is 0 Å². The summed E-state index contributed by atoms with van der Waals surface area (Å²) < 4.78 is 0. The summed E-state index contributed by atoms with van der Waals surface area (Å²) >= 11 is 5.67. The molecule has 2 aromatic rings. The van der Waals surface area contributed by atoms with Gasteiger partial charge in [-0.25, -0.2) is 0 Å². The molecule has 2 rings (SSSR count). The molecule has 0 spiro atoms. The van der Waals surface area contributed by atoms with Gasteiger partial charge in [0.05, 0.1) is 16.6 Å². The Morgan fingerprint density at radius 3 is 3.00 bits per heavy atom. The Kier molecular flexibility index (Phi) is 1.66. The molecule has 0 bridgehead atoms. The summed E-state index contributed by atoms with van der Waals surface area (Å²) in [5.74, 6) is 0. The van der Waals surface area contributed by atoms with E-state index in [9.17, 15) is 10.1 Å². The summed E-state index contributed by atoms with van der Waals surface area (Å²) in [5.41, 5.74) is 0.589. The second kappa shape index (κ2) is 2.70. The third kappa shape index (κ3) is 1.23. The number of halogens is 1. The van der Waals surface area contributed by atoms with Crippen molar-refractivity contribution in [1.29, 1.82) is 0 Å². The topological polar surface area (TPSA) is 71.8 Å². The van der Waals surface area contributed by atoms with E-state index in [1.807, 2.05) is 0 Å². The van der Waals surface area contributed by atoms with Crippen LogP contribution in [0.5, 0.6) is 0 Å². The van der Waals surface area contributed by atoms with Crippen molar-refractivity contribution in [1.82, 2.24) is 10.2 Å². The molecule has 5 nitrogen and oxygen atoms in total. The van der Waals surface area contributed by atoms with Gasteiger partial charge in [-0.15, -0.1) is 0 Å². The fraction of sp³-hybridized carbons (Fsp3) is 0. The summed E-state index contributed by atoms with van der Waals surface area (Å²) in [6.07, 6.45) is 1.51. The van der Waals surface area contributed by atoms with Gasteiger partial charge in [-0.3, -0.25) is 15.2 Å². The molecule has 1 N–H and O–H groups in total. The van der Waals surface area contributed by atoms with Crippen LogP contribution in [0.15, 0.2) is 18.3 Å². The smallest absolute Gasteiger partial charge is 0.278 e. The number of fused-ring (bicyclic) bond motifs is 1. The van der Waals surface area contributed by atoms with E-state index in [-0.39, 0.29) is 10.7 Å². The second-order valence-corrected chi connectivity index (χ2v) is 2.93. The van der Waals surface area contributed by atoms with Gasteiger partial charge < -0.3 is 0 Å². The number of nitro groups is 1. The number of benzene rings is 1. The molecule has 66 valence electrons. The lowest BCUT2D eigenvalue weighted by Crippen LogP contribution is -1.88. The molecule has 6 heteroatoms. The molecule has 1 aromatic carbocycles. The Morgan fingerprint density at radius 1 is 1.54 bits per heavy atom. The fourth-order valence-corrected chi connectivity index (χ4v) is 1.33. The van der Waals surface area contributed by atoms with Crippen LogP contribution in [0.4, 0.5) is 5.69 Å². The van der Waals surface area contributed by atoms with Crippen LogP contribution in [0.1, 0.15) is 0 Å². The van der Waals surface area contributed by atoms with Gasteiger partial charge in [-0.1, -0.05) is 11.6 Å². The van der Waals surface area contributed by atoms with Crippen molar-refractivity contribution in [3.63, 3.8) is 0 Å². The molecule has 0 aliphatic heterocycles. The van der Waals surface area contributed by atoms with Crippen molar-refractivity contribution in [2.75, 3.05) is 0 Å². The third-order valence-electron chi connectivity index (χ3n) is 1.70. The van der Waals surface area contributed by atoms with Crippen LogP contribution in [-0.2, 0) is 0 Å². The molecule has 0 radical (unpaired) electrons. The first kappa shape index (κ1) is 8.00. The minimum absolute atomic E-state index is 0.101. The molecule has 1 aromatic heterocycles. The lowest BCUT2D eigenvalue weighted by Gasteiger charge is -1.94. The van der Waals surface area contributed by atoms with Crippen LogP contribution < -0.4 is 0 Å². The number of nitrogens with one attached hydrogen (secondary N) is 1. The normalized spacial score (nSPS) is 10.5. The van der Waals surface area contributed by atoms with Gasteiger partial charge in [0, 0.05) is 11.5 Å². The first-order valence-corrected chi connectivity index (χ1v) is 3.83. The van der Waals surface area contributed by atoms with Crippen molar-refractivity contribution in [2.24, 2.45) is 0 Å². The molecule has 0 amide bonds. The van der Waals surface area contributed by atoms with Crippen molar-refractivity contribution in [3.8, 4) is 0 Å². The minimum Gasteiger partial charge on any atom is -0.278 e. The van der Waals surface area contributed by atoms with Gasteiger partial charge in [0.15, 0.2) is 0 Å². The molecule has 0 aliphatic carbocycles. The highest BCUT2D eigenvalue weighted by Gasteiger charge is 2.13. The van der Waals surface area contributed by atoms with Crippen molar-refractivity contribution in [3.05, 3.63) is 33.5 Å². The quantitative estimate of drug-likeness (QED) is 0.562. The largest absolute Gasteiger partial charge is 0.288 e. The lowest BCUT2D eigenvalue weighted by atomic mass is 10.2. The standard InChI is InChI=1S/C7H4ClN3O2/c8-5-2-6-4(3-9-10-6)1-7(5)11(12)13/h1-3H,(H,9,10). The van der Waals surface area contributed by atoms with E-state index in [1.165, 1.54) is 18.3 Å². The molecule has 1 heterocycles. The van der Waals surface area contributed by atoms with Crippen molar-refractivity contribution < 1.29 is 4.92 Å². The van der Waals surface area contributed by atoms with Crippen LogP contribution in [-0.4, -0.2) is 15.1 Å². The number of hydrogen-bond donors (Lipinski definition) is 1. The number of H-pyrrole nitrogens is 1. The van der Waals surface area contributed by atoms with E-state index in [2.05, 4.69) is 10.2 Å². The highest BCUT2D eigenvalue weighted by molar-refractivity contribution is 6.33. The Balaban J connectivity index is 2.76. The SMILES string of the molecule is O=[N+]([O-])c1cc2cn[nH]c2cc1Cl. The van der Waals surface area contributed by atoms with E-state index in [0.29, 0.717) is 10.9 Å². The van der Waals surface area contributed by atoms with Crippen LogP contribution >= 0.6 is 11.6 Å². The van der Waals surface area contributed by atoms with Crippen LogP contribution in [0.3, 0.4) is 0 Å².